The summed E-state index contributed by atoms with van der Waals surface area (Å²) in [7, 11) is 0. The summed E-state index contributed by atoms with van der Waals surface area (Å²) < 4.78 is 0. The van der Waals surface area contributed by atoms with Gasteiger partial charge in [-0.05, 0) is 44.6 Å². The number of rotatable bonds is 7. The van der Waals surface area contributed by atoms with E-state index in [1.165, 1.54) is 45.2 Å². The molecule has 1 aliphatic carbocycles. The molecule has 0 N–H and O–H groups in total. The summed E-state index contributed by atoms with van der Waals surface area (Å²) in [6.45, 7) is 9.62. The Morgan fingerprint density at radius 3 is 2.15 bits per heavy atom. The predicted molar refractivity (Wildman–Crippen MR) is 59.0 cm³/mol. The van der Waals surface area contributed by atoms with Gasteiger partial charge in [-0.1, -0.05) is 20.8 Å². The van der Waals surface area contributed by atoms with E-state index in [2.05, 4.69) is 25.7 Å². The lowest BCUT2D eigenvalue weighted by Crippen LogP contribution is -2.36. The van der Waals surface area contributed by atoms with Gasteiger partial charge in [0, 0.05) is 12.6 Å². The van der Waals surface area contributed by atoms with Crippen LogP contribution >= 0.6 is 0 Å². The minimum Gasteiger partial charge on any atom is -0.300 e. The first-order valence-corrected chi connectivity index (χ1v) is 6.05. The van der Waals surface area contributed by atoms with Crippen LogP contribution in [0, 0.1) is 5.92 Å². The molecular formula is C12H25N. The Morgan fingerprint density at radius 2 is 1.77 bits per heavy atom. The van der Waals surface area contributed by atoms with Crippen molar-refractivity contribution >= 4 is 0 Å². The minimum atomic E-state index is 0.848. The molecule has 0 unspecified atom stereocenters. The van der Waals surface area contributed by atoms with E-state index in [0.29, 0.717) is 0 Å². The van der Waals surface area contributed by atoms with E-state index in [0.717, 1.165) is 12.0 Å². The molecule has 1 nitrogen and oxygen atoms in total. The molecule has 1 saturated carbocycles. The largest absolute Gasteiger partial charge is 0.300 e. The first-order valence-electron chi connectivity index (χ1n) is 6.05. The minimum absolute atomic E-state index is 0.848. The quantitative estimate of drug-likeness (QED) is 0.585. The maximum atomic E-state index is 2.72. The lowest BCUT2D eigenvalue weighted by Gasteiger charge is -2.30. The van der Waals surface area contributed by atoms with Crippen LogP contribution in [0.3, 0.4) is 0 Å². The second kappa shape index (κ2) is 5.64. The molecule has 0 radical (unpaired) electrons. The summed E-state index contributed by atoms with van der Waals surface area (Å²) in [6.07, 6.45) is 6.93. The van der Waals surface area contributed by atoms with Crippen LogP contribution in [0.5, 0.6) is 0 Å². The Kier molecular flexibility index (Phi) is 4.79. The van der Waals surface area contributed by atoms with Gasteiger partial charge in [-0.2, -0.15) is 0 Å². The smallest absolute Gasteiger partial charge is 0.00901 e. The van der Waals surface area contributed by atoms with Gasteiger partial charge in [0.05, 0.1) is 0 Å². The molecule has 0 saturated heterocycles. The Hall–Kier alpha value is -0.0400. The second-order valence-electron chi connectivity index (χ2n) is 4.41. The molecule has 0 spiro atoms. The van der Waals surface area contributed by atoms with Crippen LogP contribution in [0.25, 0.3) is 0 Å². The van der Waals surface area contributed by atoms with Crippen molar-refractivity contribution in [1.29, 1.82) is 0 Å². The van der Waals surface area contributed by atoms with Crippen molar-refractivity contribution in [3.8, 4) is 0 Å². The van der Waals surface area contributed by atoms with Crippen LogP contribution in [0.15, 0.2) is 0 Å². The second-order valence-corrected chi connectivity index (χ2v) is 4.41. The Morgan fingerprint density at radius 1 is 1.15 bits per heavy atom. The Balaban J connectivity index is 2.32. The van der Waals surface area contributed by atoms with E-state index < -0.39 is 0 Å². The van der Waals surface area contributed by atoms with E-state index in [1.807, 2.05) is 0 Å². The third-order valence-corrected chi connectivity index (χ3v) is 3.16. The Labute approximate surface area is 83.5 Å². The molecule has 1 heteroatoms. The average Bonchev–Trinajstić information content (AvgIpc) is 2.91. The summed E-state index contributed by atoms with van der Waals surface area (Å²) in [4.78, 5) is 2.72. The van der Waals surface area contributed by atoms with Gasteiger partial charge < -0.3 is 4.90 Å². The van der Waals surface area contributed by atoms with E-state index in [-0.39, 0.29) is 0 Å². The zero-order valence-corrected chi connectivity index (χ0v) is 9.55. The van der Waals surface area contributed by atoms with Crippen molar-refractivity contribution in [2.24, 2.45) is 5.92 Å². The maximum absolute atomic E-state index is 2.72. The molecule has 13 heavy (non-hydrogen) atoms. The van der Waals surface area contributed by atoms with Crippen molar-refractivity contribution in [1.82, 2.24) is 4.90 Å². The average molecular weight is 183 g/mol. The van der Waals surface area contributed by atoms with Gasteiger partial charge in [-0.15, -0.1) is 0 Å². The molecule has 0 amide bonds. The third kappa shape index (κ3) is 3.68. The third-order valence-electron chi connectivity index (χ3n) is 3.16. The van der Waals surface area contributed by atoms with Gasteiger partial charge in [0.2, 0.25) is 0 Å². The molecule has 0 atom stereocenters. The molecule has 0 aromatic heterocycles. The zero-order valence-electron chi connectivity index (χ0n) is 9.55. The van der Waals surface area contributed by atoms with E-state index in [1.54, 1.807) is 0 Å². The molecule has 1 fully saturated rings. The van der Waals surface area contributed by atoms with Gasteiger partial charge in [-0.25, -0.2) is 0 Å². The number of nitrogens with zero attached hydrogens (tertiary/aromatic N) is 1. The summed E-state index contributed by atoms with van der Waals surface area (Å²) in [5, 5.41) is 0. The first-order chi connectivity index (χ1) is 6.31. The van der Waals surface area contributed by atoms with E-state index in [4.69, 9.17) is 0 Å². The molecule has 1 aliphatic rings. The standard InChI is InChI=1S/C12H25N/c1-4-9-13(10-11-7-8-11)12(5-2)6-3/h11-12H,4-10H2,1-3H3. The highest BCUT2D eigenvalue weighted by Gasteiger charge is 2.26. The fourth-order valence-corrected chi connectivity index (χ4v) is 2.15. The lowest BCUT2D eigenvalue weighted by molar-refractivity contribution is 0.178. The van der Waals surface area contributed by atoms with Gasteiger partial charge in [-0.3, -0.25) is 0 Å². The summed E-state index contributed by atoms with van der Waals surface area (Å²) in [5.41, 5.74) is 0. The molecule has 0 heterocycles. The van der Waals surface area contributed by atoms with Crippen molar-refractivity contribution < 1.29 is 0 Å². The molecular weight excluding hydrogens is 158 g/mol. The SMILES string of the molecule is CCCN(CC1CC1)C(CC)CC. The highest BCUT2D eigenvalue weighted by molar-refractivity contribution is 4.80. The van der Waals surface area contributed by atoms with Crippen molar-refractivity contribution in [3.63, 3.8) is 0 Å². The molecule has 0 aliphatic heterocycles. The molecule has 0 bridgehead atoms. The number of hydrogen-bond donors (Lipinski definition) is 0. The van der Waals surface area contributed by atoms with E-state index >= 15 is 0 Å². The zero-order chi connectivity index (χ0) is 9.68. The first kappa shape index (κ1) is 11.0. The van der Waals surface area contributed by atoms with Crippen LogP contribution in [-0.2, 0) is 0 Å². The van der Waals surface area contributed by atoms with Gasteiger partial charge >= 0.3 is 0 Å². The van der Waals surface area contributed by atoms with Gasteiger partial charge in [0.1, 0.15) is 0 Å². The van der Waals surface area contributed by atoms with Crippen molar-refractivity contribution in [3.05, 3.63) is 0 Å². The highest BCUT2D eigenvalue weighted by atomic mass is 15.2. The van der Waals surface area contributed by atoms with Crippen LogP contribution in [0.2, 0.25) is 0 Å². The van der Waals surface area contributed by atoms with Crippen molar-refractivity contribution in [2.75, 3.05) is 13.1 Å². The van der Waals surface area contributed by atoms with Gasteiger partial charge in [0.15, 0.2) is 0 Å². The van der Waals surface area contributed by atoms with Crippen LogP contribution < -0.4 is 0 Å². The van der Waals surface area contributed by atoms with Crippen molar-refractivity contribution in [2.45, 2.75) is 58.9 Å². The molecule has 1 rings (SSSR count). The monoisotopic (exact) mass is 183 g/mol. The summed E-state index contributed by atoms with van der Waals surface area (Å²) >= 11 is 0. The number of hydrogen-bond acceptors (Lipinski definition) is 1. The fraction of sp³-hybridized carbons (Fsp3) is 1.00. The maximum Gasteiger partial charge on any atom is 0.00901 e. The molecule has 78 valence electrons. The molecule has 0 aromatic rings. The fourth-order valence-electron chi connectivity index (χ4n) is 2.15. The Bertz CT molecular complexity index is 125. The van der Waals surface area contributed by atoms with Gasteiger partial charge in [0.25, 0.3) is 0 Å². The lowest BCUT2D eigenvalue weighted by atomic mass is 10.1. The van der Waals surface area contributed by atoms with E-state index in [9.17, 15) is 0 Å². The van der Waals surface area contributed by atoms with Crippen LogP contribution in [0.1, 0.15) is 52.9 Å². The summed E-state index contributed by atoms with van der Waals surface area (Å²) in [5.74, 6) is 1.05. The topological polar surface area (TPSA) is 3.24 Å². The van der Waals surface area contributed by atoms with Crippen LogP contribution in [-0.4, -0.2) is 24.0 Å². The van der Waals surface area contributed by atoms with Crippen LogP contribution in [0.4, 0.5) is 0 Å². The molecule has 0 aromatic carbocycles. The summed E-state index contributed by atoms with van der Waals surface area (Å²) in [6, 6.07) is 0.848. The predicted octanol–water partition coefficient (Wildman–Crippen LogP) is 3.30. The normalized spacial score (nSPS) is 17.3. The highest BCUT2D eigenvalue weighted by Crippen LogP contribution is 2.30.